The van der Waals surface area contributed by atoms with Gasteiger partial charge in [0.2, 0.25) is 0 Å². The number of rotatable bonds is 4. The van der Waals surface area contributed by atoms with E-state index in [0.29, 0.717) is 16.3 Å². The lowest BCUT2D eigenvalue weighted by molar-refractivity contribution is 0.151. The summed E-state index contributed by atoms with van der Waals surface area (Å²) in [6.07, 6.45) is 2.16. The molecule has 5 unspecified atom stereocenters. The van der Waals surface area contributed by atoms with Gasteiger partial charge in [-0.25, -0.2) is 13.5 Å². The van der Waals surface area contributed by atoms with Gasteiger partial charge in [-0.3, -0.25) is 0 Å². The second-order valence-corrected chi connectivity index (χ2v) is 8.55. The predicted molar refractivity (Wildman–Crippen MR) is 99.2 cm³/mol. The zero-order valence-corrected chi connectivity index (χ0v) is 16.6. The molecule has 0 spiro atoms. The molecule has 0 radical (unpaired) electrons. The van der Waals surface area contributed by atoms with Crippen molar-refractivity contribution in [3.8, 4) is 5.69 Å². The van der Waals surface area contributed by atoms with E-state index in [9.17, 15) is 8.78 Å². The van der Waals surface area contributed by atoms with Crippen molar-refractivity contribution in [1.82, 2.24) is 9.78 Å². The van der Waals surface area contributed by atoms with Crippen LogP contribution < -0.4 is 0 Å². The van der Waals surface area contributed by atoms with Crippen molar-refractivity contribution >= 4 is 30.1 Å². The van der Waals surface area contributed by atoms with Gasteiger partial charge in [-0.2, -0.15) is 5.10 Å². The van der Waals surface area contributed by atoms with E-state index in [4.69, 9.17) is 11.6 Å². The molecule has 0 saturated heterocycles. The fourth-order valence-electron chi connectivity index (χ4n) is 2.70. The van der Waals surface area contributed by atoms with Crippen molar-refractivity contribution in [1.29, 1.82) is 0 Å². The lowest BCUT2D eigenvalue weighted by atomic mass is 9.88. The van der Waals surface area contributed by atoms with Crippen LogP contribution in [-0.4, -0.2) is 21.4 Å². The molecule has 126 valence electrons. The number of alkyl halides is 2. The second-order valence-electron chi connectivity index (χ2n) is 6.15. The van der Waals surface area contributed by atoms with E-state index in [0.717, 1.165) is 11.1 Å². The maximum Gasteiger partial charge on any atom is 0.136 e. The molecule has 0 aliphatic carbocycles. The number of benzene rings is 1. The van der Waals surface area contributed by atoms with Crippen LogP contribution in [0, 0.1) is 13.8 Å². The Morgan fingerprint density at radius 2 is 1.91 bits per heavy atom. The van der Waals surface area contributed by atoms with Crippen molar-refractivity contribution in [3.63, 3.8) is 0 Å². The highest BCUT2D eigenvalue weighted by Crippen LogP contribution is 2.52. The smallest absolute Gasteiger partial charge is 0.136 e. The molecule has 0 bridgehead atoms. The number of aryl methyl sites for hydroxylation is 2. The van der Waals surface area contributed by atoms with Gasteiger partial charge in [0.05, 0.1) is 22.1 Å². The van der Waals surface area contributed by atoms with E-state index < -0.39 is 16.7 Å². The lowest BCUT2D eigenvalue weighted by Crippen LogP contribution is -2.43. The molecule has 0 aliphatic rings. The van der Waals surface area contributed by atoms with E-state index >= 15 is 0 Å². The number of aromatic nitrogens is 2. The molecule has 1 aromatic carbocycles. The topological polar surface area (TPSA) is 17.8 Å². The van der Waals surface area contributed by atoms with E-state index in [1.54, 1.807) is 23.0 Å². The van der Waals surface area contributed by atoms with Crippen LogP contribution in [0.4, 0.5) is 8.78 Å². The number of halogens is 3. The lowest BCUT2D eigenvalue weighted by Gasteiger charge is -2.40. The normalized spacial score (nSPS) is 18.3. The molecule has 0 saturated carbocycles. The monoisotopic (exact) mass is 376 g/mol. The van der Waals surface area contributed by atoms with Gasteiger partial charge in [-0.15, -0.1) is 9.24 Å². The second kappa shape index (κ2) is 6.39. The van der Waals surface area contributed by atoms with Gasteiger partial charge in [0.25, 0.3) is 0 Å². The van der Waals surface area contributed by atoms with E-state index in [2.05, 4.69) is 23.6 Å². The Bertz CT molecular complexity index is 702. The predicted octanol–water partition coefficient (Wildman–Crippen LogP) is 5.13. The molecule has 1 aromatic heterocycles. The van der Waals surface area contributed by atoms with Crippen molar-refractivity contribution < 1.29 is 8.78 Å². The highest BCUT2D eigenvalue weighted by atomic mass is 35.5. The minimum atomic E-state index is -1.86. The third-order valence-corrected chi connectivity index (χ3v) is 6.56. The van der Waals surface area contributed by atoms with Crippen LogP contribution in [0.25, 0.3) is 5.69 Å². The maximum atomic E-state index is 14.7. The van der Waals surface area contributed by atoms with Crippen LogP contribution >= 0.6 is 30.1 Å². The minimum Gasteiger partial charge on any atom is -0.246 e. The number of hydrogen-bond acceptors (Lipinski definition) is 1. The van der Waals surface area contributed by atoms with Crippen LogP contribution in [0.3, 0.4) is 0 Å². The van der Waals surface area contributed by atoms with Crippen molar-refractivity contribution in [2.24, 2.45) is 0 Å². The molecule has 5 atom stereocenters. The van der Waals surface area contributed by atoms with Crippen LogP contribution in [0.5, 0.6) is 0 Å². The molecule has 7 heteroatoms. The zero-order chi connectivity index (χ0) is 17.6. The summed E-state index contributed by atoms with van der Waals surface area (Å²) in [7, 11) is 4.42. The average molecular weight is 377 g/mol. The Kier molecular flexibility index (Phi) is 5.22. The maximum absolute atomic E-state index is 14.7. The molecular formula is C16H21ClF2N2P2. The Balaban J connectivity index is 2.64. The quantitative estimate of drug-likeness (QED) is 0.676. The Hall–Kier alpha value is -0.560. The molecule has 2 rings (SSSR count). The van der Waals surface area contributed by atoms with Gasteiger partial charge < -0.3 is 0 Å². The van der Waals surface area contributed by atoms with E-state index in [-0.39, 0.29) is 0 Å². The van der Waals surface area contributed by atoms with Crippen LogP contribution in [0.2, 0.25) is 5.02 Å². The molecule has 0 fully saturated rings. The highest BCUT2D eigenvalue weighted by molar-refractivity contribution is 7.24. The van der Waals surface area contributed by atoms with Gasteiger partial charge in [-0.05, 0) is 50.5 Å². The van der Waals surface area contributed by atoms with Gasteiger partial charge in [0.1, 0.15) is 11.6 Å². The molecule has 1 heterocycles. The SMILES string of the molecule is Cc1cnn(-c2c(C)cc(C(P)(C(C)F)C(C)(F)P)cc2Cl)c1. The zero-order valence-electron chi connectivity index (χ0n) is 13.6. The molecule has 0 aliphatic heterocycles. The summed E-state index contributed by atoms with van der Waals surface area (Å²) in [4.78, 5) is 0. The fraction of sp³-hybridized carbons (Fsp3) is 0.438. The summed E-state index contributed by atoms with van der Waals surface area (Å²) >= 11 is 6.42. The molecule has 2 aromatic rings. The third-order valence-electron chi connectivity index (χ3n) is 4.11. The largest absolute Gasteiger partial charge is 0.246 e. The summed E-state index contributed by atoms with van der Waals surface area (Å²) in [6.45, 7) is 6.48. The summed E-state index contributed by atoms with van der Waals surface area (Å²) < 4.78 is 30.7. The van der Waals surface area contributed by atoms with Crippen LogP contribution in [-0.2, 0) is 5.16 Å². The minimum absolute atomic E-state index is 0.407. The van der Waals surface area contributed by atoms with Crippen LogP contribution in [0.1, 0.15) is 30.5 Å². The first-order valence-corrected chi connectivity index (χ1v) is 8.74. The van der Waals surface area contributed by atoms with Crippen molar-refractivity contribution in [2.45, 2.75) is 44.4 Å². The first-order valence-electron chi connectivity index (χ1n) is 7.21. The number of hydrogen-bond donors (Lipinski definition) is 0. The van der Waals surface area contributed by atoms with Gasteiger partial charge in [0, 0.05) is 6.20 Å². The Labute approximate surface area is 145 Å². The highest BCUT2D eigenvalue weighted by Gasteiger charge is 2.48. The molecule has 23 heavy (non-hydrogen) atoms. The fourth-order valence-corrected chi connectivity index (χ4v) is 3.62. The summed E-state index contributed by atoms with van der Waals surface area (Å²) in [5.74, 6) is 0. The summed E-state index contributed by atoms with van der Waals surface area (Å²) in [6, 6.07) is 3.38. The van der Waals surface area contributed by atoms with Gasteiger partial charge >= 0.3 is 0 Å². The molecule has 0 amide bonds. The molecular weight excluding hydrogens is 356 g/mol. The Morgan fingerprint density at radius 3 is 2.30 bits per heavy atom. The molecule has 2 nitrogen and oxygen atoms in total. The van der Waals surface area contributed by atoms with E-state index in [1.807, 2.05) is 20.0 Å². The van der Waals surface area contributed by atoms with Gasteiger partial charge in [0.15, 0.2) is 0 Å². The van der Waals surface area contributed by atoms with Crippen LogP contribution in [0.15, 0.2) is 24.5 Å². The summed E-state index contributed by atoms with van der Waals surface area (Å²) in [5.41, 5.74) is 3.01. The summed E-state index contributed by atoms with van der Waals surface area (Å²) in [5, 5.41) is 1.40. The first-order chi connectivity index (χ1) is 10.5. The van der Waals surface area contributed by atoms with Crippen molar-refractivity contribution in [2.75, 3.05) is 0 Å². The van der Waals surface area contributed by atoms with E-state index in [1.165, 1.54) is 13.8 Å². The number of nitrogens with zero attached hydrogens (tertiary/aromatic N) is 2. The van der Waals surface area contributed by atoms with Crippen molar-refractivity contribution in [3.05, 3.63) is 46.2 Å². The standard InChI is InChI=1S/C16H21ClF2N2P2/c1-9-7-20-21(8-9)14-10(2)5-12(6-13(14)17)16(23,11(3)18)15(4,19)22/h5-8,11H,22-23H2,1-4H3. The Morgan fingerprint density at radius 1 is 1.30 bits per heavy atom. The molecule has 0 N–H and O–H groups in total. The average Bonchev–Trinajstić information content (AvgIpc) is 2.81. The first kappa shape index (κ1) is 18.8. The third kappa shape index (κ3) is 3.31. The van der Waals surface area contributed by atoms with Gasteiger partial charge in [-0.1, -0.05) is 26.9 Å².